The van der Waals surface area contributed by atoms with E-state index in [1.54, 1.807) is 18.5 Å². The largest absolute Gasteiger partial charge is 0.333 e. The van der Waals surface area contributed by atoms with Crippen LogP contribution >= 0.6 is 0 Å². The fourth-order valence-electron chi connectivity index (χ4n) is 5.53. The molecule has 0 radical (unpaired) electrons. The van der Waals surface area contributed by atoms with Gasteiger partial charge in [0, 0.05) is 17.6 Å². The first kappa shape index (κ1) is 22.5. The molecule has 4 rings (SSSR count). The van der Waals surface area contributed by atoms with Gasteiger partial charge in [-0.15, -0.1) is 0 Å². The summed E-state index contributed by atoms with van der Waals surface area (Å²) in [4.78, 5) is 26.7. The molecule has 7 nitrogen and oxygen atoms in total. The molecule has 32 heavy (non-hydrogen) atoms. The molecular weight excluding hydrogens is 404 g/mol. The van der Waals surface area contributed by atoms with Gasteiger partial charge in [0.1, 0.15) is 11.4 Å². The molecule has 2 aromatic rings. The maximum absolute atomic E-state index is 13.6. The smallest absolute Gasteiger partial charge is 0.312 e. The summed E-state index contributed by atoms with van der Waals surface area (Å²) in [5.74, 6) is 0.164. The zero-order valence-electron chi connectivity index (χ0n) is 19.3. The number of nitro groups is 1. The maximum Gasteiger partial charge on any atom is 0.312 e. The molecule has 0 aliphatic heterocycles. The second-order valence-electron chi connectivity index (χ2n) is 9.43. The Morgan fingerprint density at radius 3 is 2.00 bits per heavy atom. The molecule has 2 fully saturated rings. The summed E-state index contributed by atoms with van der Waals surface area (Å²) >= 11 is 0. The van der Waals surface area contributed by atoms with E-state index in [1.807, 2.05) is 24.3 Å². The van der Waals surface area contributed by atoms with Crippen LogP contribution < -0.4 is 0 Å². The number of benzene rings is 1. The summed E-state index contributed by atoms with van der Waals surface area (Å²) in [6.45, 7) is 3.83. The molecule has 1 aromatic carbocycles. The van der Waals surface area contributed by atoms with Crippen molar-refractivity contribution in [2.45, 2.75) is 96.7 Å². The van der Waals surface area contributed by atoms with Crippen LogP contribution in [-0.2, 0) is 6.54 Å². The van der Waals surface area contributed by atoms with Crippen molar-refractivity contribution in [1.29, 1.82) is 0 Å². The summed E-state index contributed by atoms with van der Waals surface area (Å²) in [6.07, 6.45) is 11.9. The monoisotopic (exact) mass is 438 g/mol. The van der Waals surface area contributed by atoms with Gasteiger partial charge < -0.3 is 4.90 Å². The molecule has 2 aliphatic rings. The molecule has 0 saturated heterocycles. The first-order chi connectivity index (χ1) is 15.5. The molecule has 1 aromatic heterocycles. The van der Waals surface area contributed by atoms with E-state index in [0.717, 1.165) is 36.8 Å². The first-order valence-corrected chi connectivity index (χ1v) is 12.1. The molecule has 1 heterocycles. The second-order valence-corrected chi connectivity index (χ2v) is 9.43. The highest BCUT2D eigenvalue weighted by atomic mass is 16.6. The first-order valence-electron chi connectivity index (χ1n) is 12.1. The van der Waals surface area contributed by atoms with E-state index < -0.39 is 0 Å². The zero-order valence-corrected chi connectivity index (χ0v) is 19.3. The Labute approximate surface area is 189 Å². The third kappa shape index (κ3) is 4.71. The number of aryl methyl sites for hydroxylation is 1. The summed E-state index contributed by atoms with van der Waals surface area (Å²) in [7, 11) is 0. The quantitative estimate of drug-likeness (QED) is 0.436. The van der Waals surface area contributed by atoms with Crippen molar-refractivity contribution in [3.8, 4) is 0 Å². The summed E-state index contributed by atoms with van der Waals surface area (Å²) in [6, 6.07) is 8.47. The highest BCUT2D eigenvalue weighted by Crippen LogP contribution is 2.31. The molecule has 7 heteroatoms. The van der Waals surface area contributed by atoms with Gasteiger partial charge in [-0.25, -0.2) is 0 Å². The number of aromatic nitrogens is 2. The van der Waals surface area contributed by atoms with Gasteiger partial charge in [0.2, 0.25) is 0 Å². The molecule has 0 bridgehead atoms. The predicted octanol–water partition coefficient (Wildman–Crippen LogP) is 5.56. The molecular formula is C25H34N4O3. The van der Waals surface area contributed by atoms with Crippen LogP contribution in [0.4, 0.5) is 5.69 Å². The van der Waals surface area contributed by atoms with Gasteiger partial charge in [-0.05, 0) is 57.2 Å². The number of hydrogen-bond donors (Lipinski definition) is 0. The van der Waals surface area contributed by atoms with Gasteiger partial charge in [0.25, 0.3) is 5.91 Å². The minimum absolute atomic E-state index is 0.0763. The lowest BCUT2D eigenvalue weighted by atomic mass is 9.88. The fraction of sp³-hybridized carbons (Fsp3) is 0.600. The van der Waals surface area contributed by atoms with Crippen LogP contribution in [-0.4, -0.2) is 37.6 Å². The van der Waals surface area contributed by atoms with Crippen molar-refractivity contribution in [3.63, 3.8) is 0 Å². The Balaban J connectivity index is 1.52. The highest BCUT2D eigenvalue weighted by molar-refractivity contribution is 5.94. The molecule has 0 atom stereocenters. The molecule has 0 spiro atoms. The van der Waals surface area contributed by atoms with Crippen molar-refractivity contribution in [3.05, 3.63) is 56.9 Å². The number of amides is 1. The molecule has 0 N–H and O–H groups in total. The molecule has 0 unspecified atom stereocenters. The number of carbonyl (C=O) groups excluding carboxylic acids is 1. The average molecular weight is 439 g/mol. The van der Waals surface area contributed by atoms with Crippen LogP contribution in [0.25, 0.3) is 0 Å². The van der Waals surface area contributed by atoms with Crippen LogP contribution in [0.2, 0.25) is 0 Å². The Morgan fingerprint density at radius 1 is 1.00 bits per heavy atom. The Kier molecular flexibility index (Phi) is 6.92. The number of rotatable bonds is 6. The standard InChI is InChI=1S/C25H34N4O3/c1-18-24(29(31)32)19(2)27(26-18)17-20-13-15-21(16-14-20)25(30)28(22-9-5-3-6-10-22)23-11-7-4-8-12-23/h13-16,22-23H,3-12,17H2,1-2H3. The second kappa shape index (κ2) is 9.84. The normalized spacial score (nSPS) is 17.9. The lowest BCUT2D eigenvalue weighted by Gasteiger charge is -2.42. The molecule has 2 aliphatic carbocycles. The van der Waals surface area contributed by atoms with E-state index in [2.05, 4.69) is 10.00 Å². The predicted molar refractivity (Wildman–Crippen MR) is 124 cm³/mol. The number of hydrogen-bond acceptors (Lipinski definition) is 4. The van der Waals surface area contributed by atoms with Crippen LogP contribution in [0.3, 0.4) is 0 Å². The Morgan fingerprint density at radius 2 is 1.53 bits per heavy atom. The van der Waals surface area contributed by atoms with Crippen LogP contribution in [0.5, 0.6) is 0 Å². The number of nitrogens with zero attached hydrogens (tertiary/aromatic N) is 4. The van der Waals surface area contributed by atoms with Gasteiger partial charge in [-0.2, -0.15) is 5.10 Å². The summed E-state index contributed by atoms with van der Waals surface area (Å²) < 4.78 is 1.67. The van der Waals surface area contributed by atoms with Gasteiger partial charge in [0.05, 0.1) is 11.5 Å². The summed E-state index contributed by atoms with van der Waals surface area (Å²) in [5.41, 5.74) is 2.77. The van der Waals surface area contributed by atoms with Crippen LogP contribution in [0, 0.1) is 24.0 Å². The van der Waals surface area contributed by atoms with Crippen molar-refractivity contribution in [2.75, 3.05) is 0 Å². The Hall–Kier alpha value is -2.70. The van der Waals surface area contributed by atoms with E-state index in [9.17, 15) is 14.9 Å². The maximum atomic E-state index is 13.6. The van der Waals surface area contributed by atoms with Crippen molar-refractivity contribution >= 4 is 11.6 Å². The van der Waals surface area contributed by atoms with Crippen LogP contribution in [0.15, 0.2) is 24.3 Å². The molecule has 172 valence electrons. The lowest BCUT2D eigenvalue weighted by Crippen LogP contribution is -2.48. The van der Waals surface area contributed by atoms with Gasteiger partial charge in [-0.1, -0.05) is 50.7 Å². The highest BCUT2D eigenvalue weighted by Gasteiger charge is 2.33. The van der Waals surface area contributed by atoms with Gasteiger partial charge in [0.15, 0.2) is 0 Å². The van der Waals surface area contributed by atoms with Gasteiger partial charge >= 0.3 is 5.69 Å². The van der Waals surface area contributed by atoms with E-state index in [1.165, 1.54) is 38.5 Å². The number of carbonyl (C=O) groups is 1. The zero-order chi connectivity index (χ0) is 22.7. The van der Waals surface area contributed by atoms with Crippen LogP contribution in [0.1, 0.15) is 91.5 Å². The Bertz CT molecular complexity index is 936. The fourth-order valence-corrected chi connectivity index (χ4v) is 5.53. The lowest BCUT2D eigenvalue weighted by molar-refractivity contribution is -0.386. The van der Waals surface area contributed by atoms with Gasteiger partial charge in [-0.3, -0.25) is 19.6 Å². The van der Waals surface area contributed by atoms with Crippen molar-refractivity contribution in [1.82, 2.24) is 14.7 Å². The third-order valence-corrected chi connectivity index (χ3v) is 7.23. The van der Waals surface area contributed by atoms with Crippen molar-refractivity contribution < 1.29 is 9.72 Å². The average Bonchev–Trinajstić information content (AvgIpc) is 3.08. The third-order valence-electron chi connectivity index (χ3n) is 7.23. The van der Waals surface area contributed by atoms with E-state index in [0.29, 0.717) is 30.0 Å². The van der Waals surface area contributed by atoms with E-state index in [-0.39, 0.29) is 16.5 Å². The minimum Gasteiger partial charge on any atom is -0.333 e. The van der Waals surface area contributed by atoms with E-state index in [4.69, 9.17) is 0 Å². The molecule has 1 amide bonds. The topological polar surface area (TPSA) is 81.3 Å². The van der Waals surface area contributed by atoms with Crippen molar-refractivity contribution in [2.24, 2.45) is 0 Å². The SMILES string of the molecule is Cc1nn(Cc2ccc(C(=O)N(C3CCCCC3)C3CCCCC3)cc2)c(C)c1[N+](=O)[O-]. The van der Waals surface area contributed by atoms with E-state index >= 15 is 0 Å². The molecule has 2 saturated carbocycles. The summed E-state index contributed by atoms with van der Waals surface area (Å²) in [5, 5.41) is 15.6. The minimum atomic E-state index is -0.374.